The number of allylic oxidation sites excluding steroid dienone is 1. The predicted octanol–water partition coefficient (Wildman–Crippen LogP) is 7.64. The first-order valence-electron chi connectivity index (χ1n) is 15.8. The van der Waals surface area contributed by atoms with Crippen molar-refractivity contribution < 1.29 is 38.2 Å². The molecule has 9 nitrogen and oxygen atoms in total. The molecule has 0 saturated heterocycles. The average Bonchev–Trinajstić information content (AvgIpc) is 3.66. The average molecular weight is 678 g/mol. The molecule has 1 heterocycles. The number of amides is 1. The lowest BCUT2D eigenvalue weighted by atomic mass is 9.80. The third-order valence-electron chi connectivity index (χ3n) is 8.55. The van der Waals surface area contributed by atoms with Gasteiger partial charge in [0, 0.05) is 35.3 Å². The molecule has 0 atom stereocenters. The van der Waals surface area contributed by atoms with Crippen molar-refractivity contribution in [3.05, 3.63) is 117 Å². The minimum atomic E-state index is -0.677. The van der Waals surface area contributed by atoms with Crippen LogP contribution >= 0.6 is 11.3 Å². The number of hydrogen-bond acceptors (Lipinski definition) is 9. The number of hydrogen-bond donors (Lipinski definition) is 0. The van der Waals surface area contributed by atoms with E-state index in [0.29, 0.717) is 52.9 Å². The smallest absolute Gasteiger partial charge is 0.343 e. The molecule has 5 rings (SSSR count). The number of benzene rings is 3. The van der Waals surface area contributed by atoms with E-state index < -0.39 is 11.9 Å². The van der Waals surface area contributed by atoms with Gasteiger partial charge in [-0.15, -0.1) is 11.3 Å². The molecule has 0 N–H and O–H groups in total. The van der Waals surface area contributed by atoms with E-state index in [-0.39, 0.29) is 52.2 Å². The molecule has 1 aliphatic carbocycles. The quantitative estimate of drug-likeness (QED) is 0.0687. The second-order valence-corrected chi connectivity index (χ2v) is 12.8. The number of ether oxygens (including phenoxy) is 2. The van der Waals surface area contributed by atoms with Crippen molar-refractivity contribution >= 4 is 58.3 Å². The fourth-order valence-corrected chi connectivity index (χ4v) is 6.20. The van der Waals surface area contributed by atoms with Crippen LogP contribution in [0.4, 0.5) is 5.69 Å². The van der Waals surface area contributed by atoms with E-state index >= 15 is 0 Å². The zero-order chi connectivity index (χ0) is 35.1. The van der Waals surface area contributed by atoms with Crippen LogP contribution in [0.3, 0.4) is 0 Å². The summed E-state index contributed by atoms with van der Waals surface area (Å²) < 4.78 is 11.4. The number of carbonyl (C=O) groups is 6. The Balaban J connectivity index is 1.29. The van der Waals surface area contributed by atoms with Crippen molar-refractivity contribution in [2.75, 3.05) is 11.9 Å². The monoisotopic (exact) mass is 677 g/mol. The molecule has 3 aromatic carbocycles. The van der Waals surface area contributed by atoms with Gasteiger partial charge in [-0.3, -0.25) is 24.0 Å². The van der Waals surface area contributed by atoms with E-state index in [1.807, 2.05) is 0 Å². The molecule has 0 aliphatic heterocycles. The van der Waals surface area contributed by atoms with E-state index in [4.69, 9.17) is 9.47 Å². The van der Waals surface area contributed by atoms with Crippen LogP contribution in [0.25, 0.3) is 6.08 Å². The Labute approximate surface area is 288 Å². The summed E-state index contributed by atoms with van der Waals surface area (Å²) in [6.07, 6.45) is 5.25. The maximum Gasteiger partial charge on any atom is 0.343 e. The van der Waals surface area contributed by atoms with Crippen LogP contribution in [0.2, 0.25) is 0 Å². The molecule has 49 heavy (non-hydrogen) atoms. The summed E-state index contributed by atoms with van der Waals surface area (Å²) in [5.74, 6) is -1.59. The molecule has 10 heteroatoms. The first-order chi connectivity index (χ1) is 23.5. The molecule has 1 aliphatic rings. The number of anilines is 1. The van der Waals surface area contributed by atoms with Crippen molar-refractivity contribution in [2.45, 2.75) is 39.5 Å². The first-order valence-corrected chi connectivity index (χ1v) is 16.7. The zero-order valence-electron chi connectivity index (χ0n) is 27.3. The van der Waals surface area contributed by atoms with Gasteiger partial charge in [0.25, 0.3) is 5.91 Å². The second kappa shape index (κ2) is 15.6. The molecular weight excluding hydrogens is 642 g/mol. The van der Waals surface area contributed by atoms with Crippen LogP contribution in [0.15, 0.2) is 90.3 Å². The minimum absolute atomic E-state index is 0.0321. The van der Waals surface area contributed by atoms with Crippen molar-refractivity contribution in [3.8, 4) is 11.5 Å². The summed E-state index contributed by atoms with van der Waals surface area (Å²) in [4.78, 5) is 77.2. The second-order valence-electron chi connectivity index (χ2n) is 11.9. The highest BCUT2D eigenvalue weighted by atomic mass is 32.1. The van der Waals surface area contributed by atoms with Crippen LogP contribution in [0.5, 0.6) is 11.5 Å². The van der Waals surface area contributed by atoms with Crippen molar-refractivity contribution in [2.24, 2.45) is 11.8 Å². The van der Waals surface area contributed by atoms with E-state index in [0.717, 1.165) is 0 Å². The van der Waals surface area contributed by atoms with E-state index in [1.54, 1.807) is 55.7 Å². The molecule has 0 radical (unpaired) electrons. The van der Waals surface area contributed by atoms with Crippen LogP contribution < -0.4 is 14.4 Å². The molecule has 4 aromatic rings. The summed E-state index contributed by atoms with van der Waals surface area (Å²) in [6.45, 7) is 3.04. The highest BCUT2D eigenvalue weighted by Gasteiger charge is 2.30. The Morgan fingerprint density at radius 3 is 2.00 bits per heavy atom. The van der Waals surface area contributed by atoms with Crippen LogP contribution in [0.1, 0.15) is 85.8 Å². The normalized spacial score (nSPS) is 15.7. The van der Waals surface area contributed by atoms with Gasteiger partial charge >= 0.3 is 11.9 Å². The number of nitrogens with zero attached hydrogens (tertiary/aromatic N) is 1. The third kappa shape index (κ3) is 8.71. The highest BCUT2D eigenvalue weighted by Crippen LogP contribution is 2.33. The number of rotatable bonds is 11. The molecular formula is C39H35NO8S. The van der Waals surface area contributed by atoms with Crippen LogP contribution in [-0.4, -0.2) is 42.2 Å². The van der Waals surface area contributed by atoms with Gasteiger partial charge in [-0.2, -0.15) is 0 Å². The van der Waals surface area contributed by atoms with Crippen molar-refractivity contribution in [3.63, 3.8) is 0 Å². The summed E-state index contributed by atoms with van der Waals surface area (Å²) in [7, 11) is 1.62. The molecule has 1 aromatic heterocycles. The maximum atomic E-state index is 13.1. The lowest BCUT2D eigenvalue weighted by molar-refractivity contribution is -0.141. The lowest BCUT2D eigenvalue weighted by Crippen LogP contribution is -2.28. The molecule has 1 saturated carbocycles. The fraction of sp³-hybridized carbons (Fsp3) is 0.231. The van der Waals surface area contributed by atoms with E-state index in [9.17, 15) is 28.8 Å². The van der Waals surface area contributed by atoms with E-state index in [1.165, 1.54) is 77.8 Å². The Bertz CT molecular complexity index is 1900. The van der Waals surface area contributed by atoms with Crippen LogP contribution in [-0.2, 0) is 9.59 Å². The number of Topliss-reactive ketones (excluding diaryl/α,β-unsaturated/α-hetero) is 2. The topological polar surface area (TPSA) is 124 Å². The van der Waals surface area contributed by atoms with Gasteiger partial charge in [-0.1, -0.05) is 6.07 Å². The molecule has 1 amide bonds. The molecule has 1 fully saturated rings. The number of thiophene rings is 1. The Morgan fingerprint density at radius 1 is 0.755 bits per heavy atom. The number of carbonyl (C=O) groups excluding carboxylic acids is 6. The Hall–Kier alpha value is -5.48. The van der Waals surface area contributed by atoms with Crippen molar-refractivity contribution in [1.82, 2.24) is 0 Å². The minimum Gasteiger partial charge on any atom is -0.426 e. The standard InChI is InChI=1S/C39H35NO8S/c1-24(41)26-6-10-30(11-7-26)39(46)48-35-21-19-33(23-31(35)16-20-34(43)36-5-4-22-49-36)47-38(45)29-12-8-28(9-13-29)37(44)40(3)32-17-14-27(15-18-32)25(2)42/h4-5,8-9,12-23,26,30H,6-7,10-11H2,1-3H3/b20-16+. The lowest BCUT2D eigenvalue weighted by Gasteiger charge is -2.25. The molecule has 0 bridgehead atoms. The van der Waals surface area contributed by atoms with Gasteiger partial charge in [0.05, 0.1) is 16.4 Å². The maximum absolute atomic E-state index is 13.1. The zero-order valence-corrected chi connectivity index (χ0v) is 28.2. The molecule has 0 spiro atoms. The van der Waals surface area contributed by atoms with Gasteiger partial charge in [-0.05, 0) is 130 Å². The predicted molar refractivity (Wildman–Crippen MR) is 186 cm³/mol. The summed E-state index contributed by atoms with van der Waals surface area (Å²) in [6, 6.07) is 20.7. The van der Waals surface area contributed by atoms with Gasteiger partial charge in [0.2, 0.25) is 0 Å². The van der Waals surface area contributed by atoms with Crippen molar-refractivity contribution in [1.29, 1.82) is 0 Å². The Kier molecular flexibility index (Phi) is 11.1. The van der Waals surface area contributed by atoms with E-state index in [2.05, 4.69) is 0 Å². The van der Waals surface area contributed by atoms with Gasteiger partial charge in [0.1, 0.15) is 17.3 Å². The molecule has 250 valence electrons. The first kappa shape index (κ1) is 34.8. The summed E-state index contributed by atoms with van der Waals surface area (Å²) in [5, 5.41) is 1.80. The molecule has 0 unspecified atom stereocenters. The Morgan fingerprint density at radius 2 is 1.39 bits per heavy atom. The van der Waals surface area contributed by atoms with Gasteiger partial charge in [-0.25, -0.2) is 4.79 Å². The number of ketones is 3. The van der Waals surface area contributed by atoms with Gasteiger partial charge < -0.3 is 14.4 Å². The summed E-state index contributed by atoms with van der Waals surface area (Å²) >= 11 is 1.30. The largest absolute Gasteiger partial charge is 0.426 e. The van der Waals surface area contributed by atoms with Gasteiger partial charge in [0.15, 0.2) is 11.6 Å². The van der Waals surface area contributed by atoms with Crippen LogP contribution in [0, 0.1) is 11.8 Å². The number of esters is 2. The SMILES string of the molecule is CC(=O)c1ccc(N(C)C(=O)c2ccc(C(=O)Oc3ccc(OC(=O)C4CCC(C(C)=O)CC4)c(/C=C/C(=O)c4cccs4)c3)cc2)cc1. The highest BCUT2D eigenvalue weighted by molar-refractivity contribution is 7.12. The summed E-state index contributed by atoms with van der Waals surface area (Å²) in [5.41, 5.74) is 2.06. The third-order valence-corrected chi connectivity index (χ3v) is 9.43. The fourth-order valence-electron chi connectivity index (χ4n) is 5.55.